The molecule has 0 bridgehead atoms. The number of carbonyl (C=O) groups is 1. The van der Waals surface area contributed by atoms with Gasteiger partial charge in [0.05, 0.1) is 5.69 Å². The molecule has 0 aliphatic heterocycles. The zero-order valence-corrected chi connectivity index (χ0v) is 16.9. The van der Waals surface area contributed by atoms with Crippen molar-refractivity contribution >= 4 is 5.91 Å². The molecule has 0 unspecified atom stereocenters. The van der Waals surface area contributed by atoms with E-state index in [1.54, 1.807) is 18.2 Å². The molecule has 1 heterocycles. The van der Waals surface area contributed by atoms with E-state index < -0.39 is 17.3 Å². The fourth-order valence-electron chi connectivity index (χ4n) is 3.43. The first-order chi connectivity index (χ1) is 15.1. The van der Waals surface area contributed by atoms with Gasteiger partial charge >= 0.3 is 0 Å². The molecular weight excluding hydrogens is 393 g/mol. The van der Waals surface area contributed by atoms with Gasteiger partial charge in [-0.2, -0.15) is 5.10 Å². The first kappa shape index (κ1) is 20.2. The third kappa shape index (κ3) is 4.14. The van der Waals surface area contributed by atoms with Crippen LogP contribution in [0.3, 0.4) is 0 Å². The van der Waals surface area contributed by atoms with E-state index >= 15 is 0 Å². The number of amides is 1. The van der Waals surface area contributed by atoms with Crippen LogP contribution in [0.5, 0.6) is 0 Å². The molecule has 0 fully saturated rings. The lowest BCUT2D eigenvalue weighted by Gasteiger charge is -2.16. The van der Waals surface area contributed by atoms with Crippen LogP contribution >= 0.6 is 0 Å². The van der Waals surface area contributed by atoms with Crippen molar-refractivity contribution in [1.82, 2.24) is 15.1 Å². The second-order valence-corrected chi connectivity index (χ2v) is 7.03. The van der Waals surface area contributed by atoms with Crippen LogP contribution in [0.1, 0.15) is 15.9 Å². The van der Waals surface area contributed by atoms with Crippen molar-refractivity contribution in [1.29, 1.82) is 0 Å². The maximum Gasteiger partial charge on any atom is 0.280 e. The molecule has 6 heteroatoms. The number of rotatable bonds is 5. The number of halogens is 1. The van der Waals surface area contributed by atoms with Crippen molar-refractivity contribution in [2.75, 3.05) is 0 Å². The van der Waals surface area contributed by atoms with E-state index in [0.717, 1.165) is 10.2 Å². The lowest BCUT2D eigenvalue weighted by molar-refractivity contribution is 0.0949. The number of benzene rings is 3. The summed E-state index contributed by atoms with van der Waals surface area (Å²) in [6.45, 7) is -0.0358. The lowest BCUT2D eigenvalue weighted by Crippen LogP contribution is -2.34. The highest BCUT2D eigenvalue weighted by molar-refractivity contribution is 6.03. The average molecular weight is 413 g/mol. The zero-order chi connectivity index (χ0) is 21.8. The maximum atomic E-state index is 14.0. The Kier molecular flexibility index (Phi) is 5.71. The molecule has 5 nitrogen and oxygen atoms in total. The Morgan fingerprint density at radius 2 is 1.48 bits per heavy atom. The largest absolute Gasteiger partial charge is 0.348 e. The second kappa shape index (κ2) is 8.75. The maximum absolute atomic E-state index is 14.0. The minimum absolute atomic E-state index is 0.0288. The van der Waals surface area contributed by atoms with Gasteiger partial charge in [0.25, 0.3) is 11.5 Å². The minimum Gasteiger partial charge on any atom is -0.348 e. The van der Waals surface area contributed by atoms with Gasteiger partial charge in [0.15, 0.2) is 0 Å². The SMILES string of the molecule is Cn1nc(-c2ccccc2)c(-c2ccccc2)c(C(=O)NCc2ccccc2F)c1=O. The molecule has 0 spiro atoms. The predicted molar refractivity (Wildman–Crippen MR) is 118 cm³/mol. The summed E-state index contributed by atoms with van der Waals surface area (Å²) in [7, 11) is 1.51. The topological polar surface area (TPSA) is 64.0 Å². The molecule has 0 aliphatic rings. The molecule has 1 N–H and O–H groups in total. The first-order valence-corrected chi connectivity index (χ1v) is 9.80. The zero-order valence-electron chi connectivity index (χ0n) is 16.9. The van der Waals surface area contributed by atoms with Crippen molar-refractivity contribution in [2.45, 2.75) is 6.54 Å². The fourth-order valence-corrected chi connectivity index (χ4v) is 3.43. The average Bonchev–Trinajstić information content (AvgIpc) is 2.81. The number of nitrogens with zero attached hydrogens (tertiary/aromatic N) is 2. The molecular formula is C25H20FN3O2. The highest BCUT2D eigenvalue weighted by Crippen LogP contribution is 2.31. The molecule has 0 atom stereocenters. The number of hydrogen-bond donors (Lipinski definition) is 1. The van der Waals surface area contributed by atoms with Crippen LogP contribution in [0.2, 0.25) is 0 Å². The molecule has 0 saturated carbocycles. The number of aryl methyl sites for hydroxylation is 1. The Bertz CT molecular complexity index is 1290. The summed E-state index contributed by atoms with van der Waals surface area (Å²) in [5.41, 5.74) is 2.23. The Labute approximate surface area is 178 Å². The molecule has 1 amide bonds. The highest BCUT2D eigenvalue weighted by atomic mass is 19.1. The molecule has 3 aromatic carbocycles. The summed E-state index contributed by atoms with van der Waals surface area (Å²) in [4.78, 5) is 26.2. The van der Waals surface area contributed by atoms with Gasteiger partial charge in [-0.05, 0) is 11.6 Å². The molecule has 4 aromatic rings. The van der Waals surface area contributed by atoms with Gasteiger partial charge in [-0.25, -0.2) is 9.07 Å². The van der Waals surface area contributed by atoms with Crippen molar-refractivity contribution in [3.8, 4) is 22.4 Å². The summed E-state index contributed by atoms with van der Waals surface area (Å²) in [6.07, 6.45) is 0. The highest BCUT2D eigenvalue weighted by Gasteiger charge is 2.24. The Morgan fingerprint density at radius 3 is 2.13 bits per heavy atom. The predicted octanol–water partition coefficient (Wildman–Crippen LogP) is 4.18. The standard InChI is InChI=1S/C25H20FN3O2/c1-29-25(31)22(24(30)27-16-19-14-8-9-15-20(19)26)21(17-10-4-2-5-11-17)23(28-29)18-12-6-3-7-13-18/h2-15H,16H2,1H3,(H,27,30). The molecule has 4 rings (SSSR count). The lowest BCUT2D eigenvalue weighted by atomic mass is 9.95. The van der Waals surface area contributed by atoms with E-state index in [-0.39, 0.29) is 12.1 Å². The molecule has 0 radical (unpaired) electrons. The van der Waals surface area contributed by atoms with E-state index in [4.69, 9.17) is 0 Å². The van der Waals surface area contributed by atoms with Crippen molar-refractivity contribution < 1.29 is 9.18 Å². The Balaban J connectivity index is 1.86. The van der Waals surface area contributed by atoms with E-state index in [0.29, 0.717) is 22.4 Å². The van der Waals surface area contributed by atoms with Crippen molar-refractivity contribution in [2.24, 2.45) is 7.05 Å². The number of aromatic nitrogens is 2. The van der Waals surface area contributed by atoms with Crippen LogP contribution in [-0.2, 0) is 13.6 Å². The van der Waals surface area contributed by atoms with Crippen LogP contribution in [0.25, 0.3) is 22.4 Å². The first-order valence-electron chi connectivity index (χ1n) is 9.80. The van der Waals surface area contributed by atoms with Crippen molar-refractivity contribution in [3.63, 3.8) is 0 Å². The molecule has 0 saturated heterocycles. The molecule has 1 aromatic heterocycles. The van der Waals surface area contributed by atoms with E-state index in [9.17, 15) is 14.0 Å². The minimum atomic E-state index is -0.581. The van der Waals surface area contributed by atoms with Crippen LogP contribution in [0, 0.1) is 5.82 Å². The molecule has 154 valence electrons. The van der Waals surface area contributed by atoms with Gasteiger partial charge in [0, 0.05) is 30.3 Å². The van der Waals surface area contributed by atoms with Gasteiger partial charge in [-0.3, -0.25) is 9.59 Å². The van der Waals surface area contributed by atoms with Crippen LogP contribution < -0.4 is 10.9 Å². The van der Waals surface area contributed by atoms with E-state index in [1.165, 1.54) is 13.1 Å². The Hall–Kier alpha value is -4.06. The van der Waals surface area contributed by atoms with E-state index in [2.05, 4.69) is 10.4 Å². The van der Waals surface area contributed by atoms with Gasteiger partial charge in [0.1, 0.15) is 11.4 Å². The fraction of sp³-hybridized carbons (Fsp3) is 0.0800. The molecule has 0 aliphatic carbocycles. The number of carbonyl (C=O) groups excluding carboxylic acids is 1. The van der Waals surface area contributed by atoms with Gasteiger partial charge in [-0.15, -0.1) is 0 Å². The van der Waals surface area contributed by atoms with Gasteiger partial charge in [-0.1, -0.05) is 78.9 Å². The van der Waals surface area contributed by atoms with Crippen LogP contribution in [0.4, 0.5) is 4.39 Å². The van der Waals surface area contributed by atoms with Crippen LogP contribution in [-0.4, -0.2) is 15.7 Å². The van der Waals surface area contributed by atoms with Crippen molar-refractivity contribution in [3.05, 3.63) is 112 Å². The normalized spacial score (nSPS) is 10.6. The van der Waals surface area contributed by atoms with Gasteiger partial charge < -0.3 is 5.32 Å². The quantitative estimate of drug-likeness (QED) is 0.534. The van der Waals surface area contributed by atoms with Gasteiger partial charge in [0.2, 0.25) is 0 Å². The summed E-state index contributed by atoms with van der Waals surface area (Å²) in [5, 5.41) is 7.15. The third-order valence-corrected chi connectivity index (χ3v) is 4.98. The number of hydrogen-bond acceptors (Lipinski definition) is 3. The molecule has 31 heavy (non-hydrogen) atoms. The van der Waals surface area contributed by atoms with Crippen LogP contribution in [0.15, 0.2) is 89.7 Å². The third-order valence-electron chi connectivity index (χ3n) is 4.98. The summed E-state index contributed by atoms with van der Waals surface area (Å²) in [5.74, 6) is -0.999. The smallest absolute Gasteiger partial charge is 0.280 e. The Morgan fingerprint density at radius 1 is 0.903 bits per heavy atom. The second-order valence-electron chi connectivity index (χ2n) is 7.03. The summed E-state index contributed by atoms with van der Waals surface area (Å²) in [6, 6.07) is 24.8. The summed E-state index contributed by atoms with van der Waals surface area (Å²) >= 11 is 0. The summed E-state index contributed by atoms with van der Waals surface area (Å²) < 4.78 is 15.1. The number of nitrogens with one attached hydrogen (secondary N) is 1. The monoisotopic (exact) mass is 413 g/mol. The van der Waals surface area contributed by atoms with E-state index in [1.807, 2.05) is 60.7 Å².